The number of sulfonamides is 1. The Labute approximate surface area is 146 Å². The maximum atomic E-state index is 12.2. The quantitative estimate of drug-likeness (QED) is 0.605. The predicted molar refractivity (Wildman–Crippen MR) is 92.5 cm³/mol. The van der Waals surface area contributed by atoms with Gasteiger partial charge in [-0.1, -0.05) is 18.2 Å². The first-order chi connectivity index (χ1) is 12.0. The average Bonchev–Trinajstić information content (AvgIpc) is 3.06. The Morgan fingerprint density at radius 3 is 2.52 bits per heavy atom. The molecule has 3 rings (SSSR count). The van der Waals surface area contributed by atoms with Crippen molar-refractivity contribution in [2.45, 2.75) is 24.7 Å². The molecule has 0 bridgehead atoms. The molecule has 1 aliphatic heterocycles. The number of fused-ring (bicyclic) bond motifs is 1. The second kappa shape index (κ2) is 7.25. The van der Waals surface area contributed by atoms with Crippen LogP contribution in [0, 0.1) is 0 Å². The van der Waals surface area contributed by atoms with Gasteiger partial charge >= 0.3 is 0 Å². The van der Waals surface area contributed by atoms with Crippen LogP contribution in [0.4, 0.5) is 0 Å². The summed E-state index contributed by atoms with van der Waals surface area (Å²) in [5, 5.41) is 0. The van der Waals surface area contributed by atoms with Crippen molar-refractivity contribution in [1.29, 1.82) is 0 Å². The number of carbonyl (C=O) groups excluding carboxylic acids is 1. The lowest BCUT2D eigenvalue weighted by Crippen LogP contribution is -2.25. The van der Waals surface area contributed by atoms with E-state index in [1.165, 1.54) is 31.2 Å². The first-order valence-electron chi connectivity index (χ1n) is 7.95. The van der Waals surface area contributed by atoms with Crippen molar-refractivity contribution in [2.24, 2.45) is 0 Å². The highest BCUT2D eigenvalue weighted by Crippen LogP contribution is 2.32. The highest BCUT2D eigenvalue weighted by Gasteiger charge is 2.15. The van der Waals surface area contributed by atoms with E-state index in [0.29, 0.717) is 18.5 Å². The van der Waals surface area contributed by atoms with Crippen LogP contribution in [0.25, 0.3) is 0 Å². The Morgan fingerprint density at radius 1 is 1.08 bits per heavy atom. The normalized spacial score (nSPS) is 13.0. The summed E-state index contributed by atoms with van der Waals surface area (Å²) in [4.78, 5) is 11.4. The summed E-state index contributed by atoms with van der Waals surface area (Å²) in [6.45, 7) is 2.00. The van der Waals surface area contributed by atoms with Gasteiger partial charge in [-0.2, -0.15) is 0 Å². The summed E-state index contributed by atoms with van der Waals surface area (Å²) in [7, 11) is -3.57. The van der Waals surface area contributed by atoms with E-state index < -0.39 is 10.0 Å². The molecule has 0 spiro atoms. The van der Waals surface area contributed by atoms with E-state index >= 15 is 0 Å². The number of hydrogen-bond acceptors (Lipinski definition) is 5. The van der Waals surface area contributed by atoms with E-state index in [1.807, 2.05) is 18.2 Å². The van der Waals surface area contributed by atoms with Crippen LogP contribution < -0.4 is 14.2 Å². The standard InChI is InChI=1S/C18H19NO5S/c1-13(20)15-5-7-16(8-6-15)25(21,22)19-10-2-3-14-4-9-17-18(11-14)24-12-23-17/h4-9,11,19H,2-3,10,12H2,1H3. The summed E-state index contributed by atoms with van der Waals surface area (Å²) in [5.41, 5.74) is 1.55. The highest BCUT2D eigenvalue weighted by molar-refractivity contribution is 7.89. The minimum Gasteiger partial charge on any atom is -0.454 e. The van der Waals surface area contributed by atoms with Gasteiger partial charge in [-0.25, -0.2) is 13.1 Å². The molecule has 25 heavy (non-hydrogen) atoms. The van der Waals surface area contributed by atoms with Crippen molar-refractivity contribution < 1.29 is 22.7 Å². The van der Waals surface area contributed by atoms with E-state index in [9.17, 15) is 13.2 Å². The minimum atomic E-state index is -3.57. The molecular weight excluding hydrogens is 342 g/mol. The largest absolute Gasteiger partial charge is 0.454 e. The lowest BCUT2D eigenvalue weighted by molar-refractivity contribution is 0.101. The number of benzene rings is 2. The molecule has 132 valence electrons. The molecule has 0 atom stereocenters. The summed E-state index contributed by atoms with van der Waals surface area (Å²) in [5.74, 6) is 1.36. The first-order valence-corrected chi connectivity index (χ1v) is 9.43. The van der Waals surface area contributed by atoms with Crippen LogP contribution in [0.1, 0.15) is 29.3 Å². The van der Waals surface area contributed by atoms with E-state index in [0.717, 1.165) is 23.5 Å². The van der Waals surface area contributed by atoms with Gasteiger partial charge in [-0.05, 0) is 49.6 Å². The average molecular weight is 361 g/mol. The van der Waals surface area contributed by atoms with Gasteiger partial charge in [0.05, 0.1) is 4.90 Å². The Balaban J connectivity index is 1.53. The number of ether oxygens (including phenoxy) is 2. The smallest absolute Gasteiger partial charge is 0.240 e. The molecule has 0 amide bonds. The monoisotopic (exact) mass is 361 g/mol. The van der Waals surface area contributed by atoms with Crippen LogP contribution in [-0.4, -0.2) is 27.5 Å². The zero-order chi connectivity index (χ0) is 17.9. The van der Waals surface area contributed by atoms with Crippen LogP contribution in [0.5, 0.6) is 11.5 Å². The molecule has 1 aliphatic rings. The SMILES string of the molecule is CC(=O)c1ccc(S(=O)(=O)NCCCc2ccc3c(c2)OCO3)cc1. The van der Waals surface area contributed by atoms with Crippen molar-refractivity contribution in [3.8, 4) is 11.5 Å². The summed E-state index contributed by atoms with van der Waals surface area (Å²) in [6.07, 6.45) is 1.38. The number of aryl methyl sites for hydroxylation is 1. The van der Waals surface area contributed by atoms with E-state index in [1.54, 1.807) is 0 Å². The zero-order valence-electron chi connectivity index (χ0n) is 13.8. The summed E-state index contributed by atoms with van der Waals surface area (Å²) < 4.78 is 37.7. The molecule has 0 aliphatic carbocycles. The lowest BCUT2D eigenvalue weighted by atomic mass is 10.1. The third-order valence-electron chi connectivity index (χ3n) is 3.94. The molecular formula is C18H19NO5S. The Morgan fingerprint density at radius 2 is 1.80 bits per heavy atom. The predicted octanol–water partition coefficient (Wildman–Crippen LogP) is 2.53. The number of Topliss-reactive ketones (excluding diaryl/α,β-unsaturated/α-hetero) is 1. The lowest BCUT2D eigenvalue weighted by Gasteiger charge is -2.08. The van der Waals surface area contributed by atoms with Gasteiger partial charge in [0.25, 0.3) is 0 Å². The third-order valence-corrected chi connectivity index (χ3v) is 5.42. The maximum absolute atomic E-state index is 12.2. The van der Waals surface area contributed by atoms with Gasteiger partial charge in [-0.15, -0.1) is 0 Å². The van der Waals surface area contributed by atoms with Crippen molar-refractivity contribution in [3.05, 3.63) is 53.6 Å². The molecule has 2 aromatic carbocycles. The Hall–Kier alpha value is -2.38. The van der Waals surface area contributed by atoms with Crippen LogP contribution >= 0.6 is 0 Å². The van der Waals surface area contributed by atoms with E-state index in [-0.39, 0.29) is 17.5 Å². The molecule has 0 aromatic heterocycles. The van der Waals surface area contributed by atoms with Gasteiger partial charge < -0.3 is 9.47 Å². The zero-order valence-corrected chi connectivity index (χ0v) is 14.6. The fourth-order valence-corrected chi connectivity index (χ4v) is 3.62. The first kappa shape index (κ1) is 17.4. The molecule has 0 fully saturated rings. The van der Waals surface area contributed by atoms with Crippen LogP contribution in [0.3, 0.4) is 0 Å². The molecule has 1 N–H and O–H groups in total. The van der Waals surface area contributed by atoms with Crippen molar-refractivity contribution >= 4 is 15.8 Å². The molecule has 0 unspecified atom stereocenters. The number of carbonyl (C=O) groups is 1. The van der Waals surface area contributed by atoms with Crippen LogP contribution in [-0.2, 0) is 16.4 Å². The maximum Gasteiger partial charge on any atom is 0.240 e. The number of ketones is 1. The van der Waals surface area contributed by atoms with Gasteiger partial charge in [0, 0.05) is 12.1 Å². The molecule has 2 aromatic rings. The van der Waals surface area contributed by atoms with Crippen LogP contribution in [0.15, 0.2) is 47.4 Å². The number of hydrogen-bond donors (Lipinski definition) is 1. The van der Waals surface area contributed by atoms with E-state index in [2.05, 4.69) is 4.72 Å². The van der Waals surface area contributed by atoms with Crippen molar-refractivity contribution in [2.75, 3.05) is 13.3 Å². The fraction of sp³-hybridized carbons (Fsp3) is 0.278. The number of rotatable bonds is 7. The topological polar surface area (TPSA) is 81.7 Å². The second-order valence-electron chi connectivity index (χ2n) is 5.77. The summed E-state index contributed by atoms with van der Waals surface area (Å²) in [6, 6.07) is 11.6. The van der Waals surface area contributed by atoms with Crippen molar-refractivity contribution in [1.82, 2.24) is 4.72 Å². The van der Waals surface area contributed by atoms with E-state index in [4.69, 9.17) is 9.47 Å². The third kappa shape index (κ3) is 4.18. The number of nitrogens with one attached hydrogen (secondary N) is 1. The molecule has 0 saturated heterocycles. The van der Waals surface area contributed by atoms with Gasteiger partial charge in [0.1, 0.15) is 0 Å². The van der Waals surface area contributed by atoms with Gasteiger partial charge in [0.15, 0.2) is 17.3 Å². The van der Waals surface area contributed by atoms with Crippen molar-refractivity contribution in [3.63, 3.8) is 0 Å². The molecule has 7 heteroatoms. The molecule has 6 nitrogen and oxygen atoms in total. The molecule has 0 radical (unpaired) electrons. The second-order valence-corrected chi connectivity index (χ2v) is 7.54. The molecule has 0 saturated carbocycles. The molecule has 1 heterocycles. The van der Waals surface area contributed by atoms with Gasteiger partial charge in [-0.3, -0.25) is 4.79 Å². The summed E-state index contributed by atoms with van der Waals surface area (Å²) >= 11 is 0. The Bertz CT molecular complexity index is 875. The fourth-order valence-electron chi connectivity index (χ4n) is 2.55. The van der Waals surface area contributed by atoms with Crippen LogP contribution in [0.2, 0.25) is 0 Å². The minimum absolute atomic E-state index is 0.0966. The van der Waals surface area contributed by atoms with Gasteiger partial charge in [0.2, 0.25) is 16.8 Å². The Kier molecular flexibility index (Phi) is 5.06. The highest BCUT2D eigenvalue weighted by atomic mass is 32.2.